The molecule has 0 aliphatic carbocycles. The van der Waals surface area contributed by atoms with Gasteiger partial charge in [-0.2, -0.15) is 0 Å². The summed E-state index contributed by atoms with van der Waals surface area (Å²) in [6, 6.07) is 64.9. The van der Waals surface area contributed by atoms with Crippen molar-refractivity contribution in [2.24, 2.45) is 15.9 Å². The van der Waals surface area contributed by atoms with Crippen molar-refractivity contribution in [1.82, 2.24) is 4.57 Å². The van der Waals surface area contributed by atoms with Gasteiger partial charge in [0.25, 0.3) is 0 Å². The van der Waals surface area contributed by atoms with Gasteiger partial charge in [-0.3, -0.25) is 4.99 Å². The largest absolute Gasteiger partial charge is 0.309 e. The first kappa shape index (κ1) is 31.3. The monoisotopic (exact) mass is 743 g/mol. The second kappa shape index (κ2) is 11.8. The third kappa shape index (κ3) is 4.65. The van der Waals surface area contributed by atoms with Gasteiger partial charge in [-0.1, -0.05) is 133 Å². The van der Waals surface area contributed by atoms with Gasteiger partial charge in [-0.25, -0.2) is 4.99 Å². The van der Waals surface area contributed by atoms with E-state index in [4.69, 9.17) is 9.98 Å². The Balaban J connectivity index is 1.17. The summed E-state index contributed by atoms with van der Waals surface area (Å²) in [6.45, 7) is 0. The van der Waals surface area contributed by atoms with Crippen molar-refractivity contribution >= 4 is 97.2 Å². The summed E-state index contributed by atoms with van der Waals surface area (Å²) < 4.78 is 5.15. The Morgan fingerprint density at radius 2 is 1.12 bits per heavy atom. The van der Waals surface area contributed by atoms with Gasteiger partial charge < -0.3 is 4.57 Å². The van der Waals surface area contributed by atoms with Crippen LogP contribution in [-0.2, 0) is 6.42 Å². The third-order valence-corrected chi connectivity index (χ3v) is 13.7. The number of hydrogen-bond donors (Lipinski definition) is 0. The van der Waals surface area contributed by atoms with Crippen LogP contribution in [0.15, 0.2) is 186 Å². The lowest BCUT2D eigenvalue weighted by molar-refractivity contribution is 0.548. The molecule has 57 heavy (non-hydrogen) atoms. The fraction of sp³-hybridized carbons (Fsp3) is 0.0566. The molecular formula is C53H33N3S. The number of benzene rings is 9. The zero-order valence-electron chi connectivity index (χ0n) is 30.9. The molecule has 4 heterocycles. The summed E-state index contributed by atoms with van der Waals surface area (Å²) in [5.74, 6) is 0.771. The summed E-state index contributed by atoms with van der Waals surface area (Å²) in [7, 11) is 0. The van der Waals surface area contributed by atoms with Crippen molar-refractivity contribution in [3.63, 3.8) is 0 Å². The van der Waals surface area contributed by atoms with Crippen molar-refractivity contribution in [3.05, 3.63) is 198 Å². The molecule has 4 heteroatoms. The Morgan fingerprint density at radius 3 is 1.91 bits per heavy atom. The Morgan fingerprint density at radius 1 is 0.491 bits per heavy atom. The number of hydrogen-bond acceptors (Lipinski definition) is 3. The van der Waals surface area contributed by atoms with Crippen LogP contribution in [0.5, 0.6) is 0 Å². The van der Waals surface area contributed by atoms with Crippen LogP contribution in [0.4, 0.5) is 0 Å². The maximum atomic E-state index is 5.87. The van der Waals surface area contributed by atoms with Crippen molar-refractivity contribution < 1.29 is 0 Å². The van der Waals surface area contributed by atoms with Crippen LogP contribution in [-0.4, -0.2) is 16.1 Å². The molecule has 2 aliphatic rings. The maximum Gasteiger partial charge on any atom is 0.155 e. The SMILES string of the molecule is c1ccc2cc(C3=NC4c5c(ccc6c5sc5ccccc56)-n5c6cc(ccc6c6cc7ccccc7cc65)CC4C(c4ccc5ccccc5c4)=N3)ccc2c1. The van der Waals surface area contributed by atoms with Gasteiger partial charge in [0, 0.05) is 48.0 Å². The molecule has 2 atom stereocenters. The van der Waals surface area contributed by atoms with Gasteiger partial charge in [0.1, 0.15) is 0 Å². The minimum absolute atomic E-state index is 0.0147. The van der Waals surface area contributed by atoms with Crippen LogP contribution in [0.1, 0.15) is 28.3 Å². The number of aromatic nitrogens is 1. The minimum Gasteiger partial charge on any atom is -0.309 e. The summed E-state index contributed by atoms with van der Waals surface area (Å²) in [4.78, 5) is 11.5. The second-order valence-corrected chi connectivity index (χ2v) is 16.8. The highest BCUT2D eigenvalue weighted by Gasteiger charge is 2.38. The highest BCUT2D eigenvalue weighted by Crippen LogP contribution is 2.49. The molecule has 3 nitrogen and oxygen atoms in total. The minimum atomic E-state index is -0.209. The number of amidine groups is 1. The molecule has 266 valence electrons. The third-order valence-electron chi connectivity index (χ3n) is 12.5. The predicted octanol–water partition coefficient (Wildman–Crippen LogP) is 13.8. The molecule has 2 aromatic heterocycles. The maximum absolute atomic E-state index is 5.87. The molecule has 0 spiro atoms. The second-order valence-electron chi connectivity index (χ2n) is 15.7. The number of fused-ring (bicyclic) bond motifs is 15. The van der Waals surface area contributed by atoms with Crippen molar-refractivity contribution in [1.29, 1.82) is 0 Å². The lowest BCUT2D eigenvalue weighted by Gasteiger charge is -2.32. The van der Waals surface area contributed by atoms with Crippen LogP contribution >= 0.6 is 11.3 Å². The molecule has 0 N–H and O–H groups in total. The smallest absolute Gasteiger partial charge is 0.155 e. The van der Waals surface area contributed by atoms with Gasteiger partial charge in [0.2, 0.25) is 0 Å². The highest BCUT2D eigenvalue weighted by molar-refractivity contribution is 7.26. The molecule has 2 unspecified atom stereocenters. The normalized spacial score (nSPS) is 16.6. The average Bonchev–Trinajstić information content (AvgIpc) is 3.80. The van der Waals surface area contributed by atoms with E-state index in [1.165, 1.54) is 91.1 Å². The molecule has 9 aromatic carbocycles. The summed E-state index contributed by atoms with van der Waals surface area (Å²) in [5, 5.41) is 12.5. The standard InChI is InChI=1S/C53H33N3S/c1-3-11-34-27-38(20-18-32(34)9-1)50-44-25-31-17-22-40-43-29-36-13-5-6-14-37(36)30-47(43)56(46(40)26-31)45-24-23-42-41-15-7-8-16-48(41)57-52(42)49(45)51(44)55-53(54-50)39-21-19-33-10-2-4-12-35(33)28-39/h1-24,26-30,44,51H,25H2. The van der Waals surface area contributed by atoms with Gasteiger partial charge in [-0.15, -0.1) is 11.3 Å². The molecule has 0 saturated heterocycles. The Hall–Kier alpha value is -6.88. The van der Waals surface area contributed by atoms with Crippen molar-refractivity contribution in [2.75, 3.05) is 0 Å². The van der Waals surface area contributed by atoms with Gasteiger partial charge in [0.05, 0.1) is 28.5 Å². The van der Waals surface area contributed by atoms with Crippen molar-refractivity contribution in [3.8, 4) is 5.69 Å². The van der Waals surface area contributed by atoms with E-state index in [-0.39, 0.29) is 12.0 Å². The fourth-order valence-electron chi connectivity index (χ4n) is 9.84. The topological polar surface area (TPSA) is 29.6 Å². The zero-order chi connectivity index (χ0) is 37.2. The van der Waals surface area contributed by atoms with Crippen LogP contribution in [0.25, 0.3) is 80.0 Å². The molecule has 0 saturated carbocycles. The first-order chi connectivity index (χ1) is 28.2. The van der Waals surface area contributed by atoms with E-state index in [1.54, 1.807) is 0 Å². The molecular weight excluding hydrogens is 711 g/mol. The molecule has 2 aliphatic heterocycles. The number of thiophene rings is 1. The number of rotatable bonds is 2. The highest BCUT2D eigenvalue weighted by atomic mass is 32.1. The van der Waals surface area contributed by atoms with E-state index in [0.29, 0.717) is 0 Å². The number of aliphatic imine (C=N–C) groups is 2. The average molecular weight is 744 g/mol. The first-order valence-electron chi connectivity index (χ1n) is 19.8. The van der Waals surface area contributed by atoms with Crippen LogP contribution in [0, 0.1) is 5.92 Å². The summed E-state index contributed by atoms with van der Waals surface area (Å²) >= 11 is 1.90. The van der Waals surface area contributed by atoms with Gasteiger partial charge in [0.15, 0.2) is 5.84 Å². The zero-order valence-corrected chi connectivity index (χ0v) is 31.7. The van der Waals surface area contributed by atoms with E-state index in [9.17, 15) is 0 Å². The van der Waals surface area contributed by atoms with E-state index >= 15 is 0 Å². The van der Waals surface area contributed by atoms with Crippen LogP contribution < -0.4 is 0 Å². The Bertz CT molecular complexity index is 3580. The van der Waals surface area contributed by atoms with E-state index in [1.807, 2.05) is 11.3 Å². The van der Waals surface area contributed by atoms with E-state index in [0.717, 1.165) is 29.1 Å². The Kier molecular flexibility index (Phi) is 6.50. The number of nitrogens with zero attached hydrogens (tertiary/aromatic N) is 3. The molecule has 11 aromatic rings. The van der Waals surface area contributed by atoms with E-state index < -0.39 is 0 Å². The van der Waals surface area contributed by atoms with Gasteiger partial charge >= 0.3 is 0 Å². The van der Waals surface area contributed by atoms with Gasteiger partial charge in [-0.05, 0) is 92.3 Å². The first-order valence-corrected chi connectivity index (χ1v) is 20.6. The Labute approximate surface area is 332 Å². The predicted molar refractivity (Wildman–Crippen MR) is 242 cm³/mol. The summed E-state index contributed by atoms with van der Waals surface area (Å²) in [5.41, 5.74) is 9.51. The fourth-order valence-corrected chi connectivity index (χ4v) is 11.1. The molecule has 0 radical (unpaired) electrons. The lowest BCUT2D eigenvalue weighted by atomic mass is 9.80. The molecule has 13 rings (SSSR count). The van der Waals surface area contributed by atoms with Crippen LogP contribution in [0.2, 0.25) is 0 Å². The molecule has 0 fully saturated rings. The van der Waals surface area contributed by atoms with E-state index in [2.05, 4.69) is 180 Å². The van der Waals surface area contributed by atoms with Crippen LogP contribution in [0.3, 0.4) is 0 Å². The quantitative estimate of drug-likeness (QED) is 0.169. The van der Waals surface area contributed by atoms with Crippen molar-refractivity contribution in [2.45, 2.75) is 12.5 Å². The summed E-state index contributed by atoms with van der Waals surface area (Å²) in [6.07, 6.45) is 0.811. The molecule has 0 amide bonds. The lowest BCUT2D eigenvalue weighted by Crippen LogP contribution is -2.30. The molecule has 2 bridgehead atoms.